The molecule has 0 aliphatic rings. The Bertz CT molecular complexity index is 1100. The second-order valence-electron chi connectivity index (χ2n) is 9.39. The second kappa shape index (κ2) is 10.9. The molecule has 0 aromatic heterocycles. The highest BCUT2D eigenvalue weighted by molar-refractivity contribution is 6.08. The van der Waals surface area contributed by atoms with Gasteiger partial charge in [-0.1, -0.05) is 45.9 Å². The van der Waals surface area contributed by atoms with E-state index in [0.29, 0.717) is 23.2 Å². The van der Waals surface area contributed by atoms with Crippen LogP contribution in [-0.4, -0.2) is 22.0 Å². The third-order valence-electron chi connectivity index (χ3n) is 5.28. The molecule has 0 saturated heterocycles. The van der Waals surface area contributed by atoms with Crippen molar-refractivity contribution >= 4 is 23.2 Å². The van der Waals surface area contributed by atoms with E-state index >= 15 is 0 Å². The fraction of sp³-hybridized carbons (Fsp3) is 0.286. The van der Waals surface area contributed by atoms with Crippen molar-refractivity contribution in [3.8, 4) is 11.5 Å². The molecule has 0 aliphatic heterocycles. The van der Waals surface area contributed by atoms with Gasteiger partial charge in [0.15, 0.2) is 0 Å². The molecule has 0 radical (unpaired) electrons. The molecule has 0 heterocycles. The van der Waals surface area contributed by atoms with Gasteiger partial charge in [-0.2, -0.15) is 0 Å². The van der Waals surface area contributed by atoms with E-state index < -0.39 is 11.8 Å². The van der Waals surface area contributed by atoms with Crippen molar-refractivity contribution in [1.82, 2.24) is 0 Å². The van der Waals surface area contributed by atoms with Crippen LogP contribution in [0.5, 0.6) is 11.5 Å². The lowest BCUT2D eigenvalue weighted by Gasteiger charge is -2.12. The van der Waals surface area contributed by atoms with E-state index in [0.717, 1.165) is 24.0 Å². The molecule has 34 heavy (non-hydrogen) atoms. The summed E-state index contributed by atoms with van der Waals surface area (Å²) in [6.07, 6.45) is 1.60. The van der Waals surface area contributed by atoms with E-state index in [4.69, 9.17) is 0 Å². The van der Waals surface area contributed by atoms with Crippen LogP contribution in [0.1, 0.15) is 59.5 Å². The van der Waals surface area contributed by atoms with Crippen molar-refractivity contribution in [2.45, 2.75) is 40.5 Å². The summed E-state index contributed by atoms with van der Waals surface area (Å²) < 4.78 is 0. The first-order valence-corrected chi connectivity index (χ1v) is 11.5. The average Bonchev–Trinajstić information content (AvgIpc) is 2.76. The molecule has 0 fully saturated rings. The van der Waals surface area contributed by atoms with Crippen LogP contribution in [0.4, 0.5) is 11.4 Å². The zero-order chi connectivity index (χ0) is 24.8. The van der Waals surface area contributed by atoms with E-state index in [2.05, 4.69) is 38.3 Å². The van der Waals surface area contributed by atoms with Gasteiger partial charge in [0.2, 0.25) is 0 Å². The van der Waals surface area contributed by atoms with Crippen molar-refractivity contribution in [2.75, 3.05) is 10.6 Å². The molecule has 0 spiro atoms. The first kappa shape index (κ1) is 24.8. The molecular formula is C28H32N2O4. The molecular weight excluding hydrogens is 428 g/mol. The molecule has 178 valence electrons. The van der Waals surface area contributed by atoms with Gasteiger partial charge in [-0.25, -0.2) is 0 Å². The minimum Gasteiger partial charge on any atom is -0.507 e. The van der Waals surface area contributed by atoms with Gasteiger partial charge in [0.25, 0.3) is 11.8 Å². The highest BCUT2D eigenvalue weighted by atomic mass is 16.3. The Balaban J connectivity index is 1.75. The van der Waals surface area contributed by atoms with Crippen LogP contribution >= 0.6 is 0 Å². The number of phenols is 2. The first-order chi connectivity index (χ1) is 16.1. The summed E-state index contributed by atoms with van der Waals surface area (Å²) >= 11 is 0. The van der Waals surface area contributed by atoms with Crippen LogP contribution < -0.4 is 10.6 Å². The minimum atomic E-state index is -0.439. The molecule has 0 saturated carbocycles. The van der Waals surface area contributed by atoms with Crippen molar-refractivity contribution < 1.29 is 19.8 Å². The molecule has 0 unspecified atom stereocenters. The van der Waals surface area contributed by atoms with Crippen molar-refractivity contribution in [2.24, 2.45) is 11.8 Å². The predicted molar refractivity (Wildman–Crippen MR) is 136 cm³/mol. The van der Waals surface area contributed by atoms with Gasteiger partial charge in [0.1, 0.15) is 11.5 Å². The van der Waals surface area contributed by atoms with Gasteiger partial charge >= 0.3 is 0 Å². The number of carbonyl (C=O) groups excluding carboxylic acids is 2. The van der Waals surface area contributed by atoms with E-state index in [9.17, 15) is 19.8 Å². The van der Waals surface area contributed by atoms with Crippen LogP contribution in [-0.2, 0) is 12.8 Å². The smallest absolute Gasteiger partial charge is 0.259 e. The zero-order valence-corrected chi connectivity index (χ0v) is 20.1. The summed E-state index contributed by atoms with van der Waals surface area (Å²) in [4.78, 5) is 25.6. The Morgan fingerprint density at radius 2 is 1.09 bits per heavy atom. The molecule has 4 N–H and O–H groups in total. The zero-order valence-electron chi connectivity index (χ0n) is 20.1. The number of aromatic hydroxyl groups is 2. The molecule has 0 aliphatic carbocycles. The van der Waals surface area contributed by atoms with Crippen LogP contribution in [0, 0.1) is 11.8 Å². The Morgan fingerprint density at radius 1 is 0.676 bits per heavy atom. The van der Waals surface area contributed by atoms with Crippen molar-refractivity contribution in [3.63, 3.8) is 0 Å². The predicted octanol–water partition coefficient (Wildman–Crippen LogP) is 6.00. The Labute approximate surface area is 200 Å². The van der Waals surface area contributed by atoms with Crippen molar-refractivity contribution in [1.29, 1.82) is 0 Å². The minimum absolute atomic E-state index is 0.0915. The molecule has 3 aromatic carbocycles. The lowest BCUT2D eigenvalue weighted by atomic mass is 10.00. The number of rotatable bonds is 8. The second-order valence-corrected chi connectivity index (χ2v) is 9.39. The summed E-state index contributed by atoms with van der Waals surface area (Å²) in [6.45, 7) is 8.36. The third-order valence-corrected chi connectivity index (χ3v) is 5.28. The molecule has 2 amide bonds. The number of amides is 2. The highest BCUT2D eigenvalue weighted by Gasteiger charge is 2.15. The first-order valence-electron chi connectivity index (χ1n) is 11.5. The van der Waals surface area contributed by atoms with Gasteiger partial charge in [0, 0.05) is 11.4 Å². The number of hydrogen-bond donors (Lipinski definition) is 4. The Kier molecular flexibility index (Phi) is 7.95. The topological polar surface area (TPSA) is 98.7 Å². The van der Waals surface area contributed by atoms with Crippen molar-refractivity contribution in [3.05, 3.63) is 82.9 Å². The lowest BCUT2D eigenvalue weighted by Crippen LogP contribution is -2.15. The number of phenolic OH excluding ortho intramolecular Hbond substituents is 2. The van der Waals surface area contributed by atoms with E-state index in [1.165, 1.54) is 12.1 Å². The number of hydrogen-bond acceptors (Lipinski definition) is 4. The van der Waals surface area contributed by atoms with Gasteiger partial charge in [-0.15, -0.1) is 0 Å². The normalized spacial score (nSPS) is 11.0. The average molecular weight is 461 g/mol. The number of carbonyl (C=O) groups is 2. The van der Waals surface area contributed by atoms with Gasteiger partial charge in [0.05, 0.1) is 11.1 Å². The molecule has 0 bridgehead atoms. The summed E-state index contributed by atoms with van der Waals surface area (Å²) in [5, 5.41) is 25.9. The quantitative estimate of drug-likeness (QED) is 0.331. The van der Waals surface area contributed by atoms with E-state index in [1.54, 1.807) is 36.4 Å². The largest absolute Gasteiger partial charge is 0.507 e. The summed E-state index contributed by atoms with van der Waals surface area (Å²) in [6, 6.07) is 16.8. The maximum absolute atomic E-state index is 12.8. The third kappa shape index (κ3) is 6.61. The summed E-state index contributed by atoms with van der Waals surface area (Å²) in [5.41, 5.74) is 3.26. The fourth-order valence-corrected chi connectivity index (χ4v) is 3.80. The van der Waals surface area contributed by atoms with Gasteiger partial charge in [-0.05, 0) is 78.3 Å². The summed E-state index contributed by atoms with van der Waals surface area (Å²) in [7, 11) is 0. The molecule has 3 aromatic rings. The van der Waals surface area contributed by atoms with E-state index in [-0.39, 0.29) is 22.6 Å². The highest BCUT2D eigenvalue weighted by Crippen LogP contribution is 2.25. The van der Waals surface area contributed by atoms with Crippen LogP contribution in [0.2, 0.25) is 0 Å². The number of nitrogens with one attached hydrogen (secondary N) is 2. The SMILES string of the molecule is CC(C)Cc1ccc(O)c(C(=O)Nc2cccc(NC(=O)c3cc(CC(C)C)ccc3O)c2)c1. The Hall–Kier alpha value is -3.80. The molecule has 0 atom stereocenters. The fourth-order valence-electron chi connectivity index (χ4n) is 3.80. The van der Waals surface area contributed by atoms with Crippen LogP contribution in [0.15, 0.2) is 60.7 Å². The maximum Gasteiger partial charge on any atom is 0.259 e. The lowest BCUT2D eigenvalue weighted by molar-refractivity contribution is 0.101. The van der Waals surface area contributed by atoms with Crippen LogP contribution in [0.25, 0.3) is 0 Å². The maximum atomic E-state index is 12.8. The monoisotopic (exact) mass is 460 g/mol. The van der Waals surface area contributed by atoms with E-state index in [1.807, 2.05) is 12.1 Å². The van der Waals surface area contributed by atoms with Gasteiger partial charge in [-0.3, -0.25) is 9.59 Å². The number of anilines is 2. The molecule has 3 rings (SSSR count). The molecule has 6 nitrogen and oxygen atoms in total. The molecule has 6 heteroatoms. The summed E-state index contributed by atoms with van der Waals surface area (Å²) in [5.74, 6) is -0.217. The number of benzene rings is 3. The van der Waals surface area contributed by atoms with Gasteiger partial charge < -0.3 is 20.8 Å². The van der Waals surface area contributed by atoms with Crippen LogP contribution in [0.3, 0.4) is 0 Å². The Morgan fingerprint density at radius 3 is 1.47 bits per heavy atom. The standard InChI is InChI=1S/C28H32N2O4/c1-17(2)12-19-8-10-25(31)23(14-19)27(33)29-21-6-5-7-22(16-21)30-28(34)24-15-20(13-18(3)4)9-11-26(24)32/h5-11,14-18,31-32H,12-13H2,1-4H3,(H,29,33)(H,30,34).